The predicted molar refractivity (Wildman–Crippen MR) is 81.0 cm³/mol. The topological polar surface area (TPSA) is 58.6 Å². The molecule has 0 saturated carbocycles. The number of ether oxygens (including phenoxy) is 1. The molecule has 0 fully saturated rings. The van der Waals surface area contributed by atoms with E-state index in [0.29, 0.717) is 18.1 Å². The molecule has 0 atom stereocenters. The molecule has 0 amide bonds. The van der Waals surface area contributed by atoms with E-state index in [-0.39, 0.29) is 10.6 Å². The summed E-state index contributed by atoms with van der Waals surface area (Å²) in [6, 6.07) is 4.52. The Morgan fingerprint density at radius 3 is 2.50 bits per heavy atom. The van der Waals surface area contributed by atoms with Crippen LogP contribution < -0.4 is 9.46 Å². The van der Waals surface area contributed by atoms with E-state index in [4.69, 9.17) is 16.3 Å². The summed E-state index contributed by atoms with van der Waals surface area (Å²) in [6.45, 7) is 6.86. The highest BCUT2D eigenvalue weighted by Crippen LogP contribution is 2.26. The normalized spacial score (nSPS) is 11.8. The summed E-state index contributed by atoms with van der Waals surface area (Å²) in [5, 5.41) is 0.356. The standard InChI is InChI=1S/C13H21ClN2O3S/c1-4-16(5-2)9-8-15-20(17,18)13-10-11(14)6-7-12(13)19-3/h6-7,10,15H,4-5,8-9H2,1-3H3. The van der Waals surface area contributed by atoms with Gasteiger partial charge in [0.1, 0.15) is 10.6 Å². The first-order valence-electron chi connectivity index (χ1n) is 6.50. The third-order valence-corrected chi connectivity index (χ3v) is 4.75. The molecular weight excluding hydrogens is 300 g/mol. The largest absolute Gasteiger partial charge is 0.495 e. The highest BCUT2D eigenvalue weighted by atomic mass is 35.5. The molecule has 1 aromatic carbocycles. The SMILES string of the molecule is CCN(CC)CCNS(=O)(=O)c1cc(Cl)ccc1OC. The first-order chi connectivity index (χ1) is 9.44. The van der Waals surface area contributed by atoms with Crippen LogP contribution >= 0.6 is 11.6 Å². The van der Waals surface area contributed by atoms with E-state index < -0.39 is 10.0 Å². The van der Waals surface area contributed by atoms with E-state index in [1.807, 2.05) is 13.8 Å². The zero-order valence-corrected chi connectivity index (χ0v) is 13.6. The average Bonchev–Trinajstić information content (AvgIpc) is 2.43. The zero-order valence-electron chi connectivity index (χ0n) is 12.0. The number of halogens is 1. The van der Waals surface area contributed by atoms with Crippen LogP contribution in [-0.2, 0) is 10.0 Å². The van der Waals surface area contributed by atoms with Gasteiger partial charge >= 0.3 is 0 Å². The van der Waals surface area contributed by atoms with Crippen LogP contribution in [0.3, 0.4) is 0 Å². The Hall–Kier alpha value is -0.820. The summed E-state index contributed by atoms with van der Waals surface area (Å²) in [7, 11) is -2.20. The average molecular weight is 321 g/mol. The van der Waals surface area contributed by atoms with Gasteiger partial charge in [-0.1, -0.05) is 25.4 Å². The lowest BCUT2D eigenvalue weighted by molar-refractivity contribution is 0.309. The summed E-state index contributed by atoms with van der Waals surface area (Å²) in [5.74, 6) is 0.282. The number of hydrogen-bond donors (Lipinski definition) is 1. The molecule has 114 valence electrons. The molecule has 1 aromatic rings. The molecule has 0 unspecified atom stereocenters. The van der Waals surface area contributed by atoms with E-state index in [1.54, 1.807) is 12.1 Å². The highest BCUT2D eigenvalue weighted by molar-refractivity contribution is 7.89. The molecule has 0 aliphatic carbocycles. The Morgan fingerprint density at radius 2 is 1.95 bits per heavy atom. The summed E-state index contributed by atoms with van der Waals surface area (Å²) < 4.78 is 32.1. The maximum Gasteiger partial charge on any atom is 0.244 e. The molecule has 7 heteroatoms. The van der Waals surface area contributed by atoms with Gasteiger partial charge in [-0.25, -0.2) is 13.1 Å². The molecule has 1 rings (SSSR count). The second-order valence-electron chi connectivity index (χ2n) is 4.22. The number of nitrogens with zero attached hydrogens (tertiary/aromatic N) is 1. The lowest BCUT2D eigenvalue weighted by atomic mass is 10.3. The Bertz CT molecular complexity index is 530. The number of benzene rings is 1. The van der Waals surface area contributed by atoms with Gasteiger partial charge in [0.05, 0.1) is 7.11 Å². The van der Waals surface area contributed by atoms with Crippen molar-refractivity contribution in [2.45, 2.75) is 18.7 Å². The van der Waals surface area contributed by atoms with Crippen LogP contribution in [0.5, 0.6) is 5.75 Å². The van der Waals surface area contributed by atoms with Crippen molar-refractivity contribution >= 4 is 21.6 Å². The van der Waals surface area contributed by atoms with Crippen molar-refractivity contribution < 1.29 is 13.2 Å². The van der Waals surface area contributed by atoms with Gasteiger partial charge in [0.25, 0.3) is 0 Å². The van der Waals surface area contributed by atoms with Crippen LogP contribution in [0.1, 0.15) is 13.8 Å². The minimum Gasteiger partial charge on any atom is -0.495 e. The number of likely N-dealkylation sites (N-methyl/N-ethyl adjacent to an activating group) is 1. The first kappa shape index (κ1) is 17.2. The van der Waals surface area contributed by atoms with Gasteiger partial charge in [-0.3, -0.25) is 0 Å². The number of rotatable bonds is 8. The minimum absolute atomic E-state index is 0.0621. The van der Waals surface area contributed by atoms with Crippen molar-refractivity contribution in [3.05, 3.63) is 23.2 Å². The molecule has 0 aliphatic heterocycles. The number of hydrogen-bond acceptors (Lipinski definition) is 4. The Labute approximate surface area is 125 Å². The highest BCUT2D eigenvalue weighted by Gasteiger charge is 2.19. The van der Waals surface area contributed by atoms with E-state index in [9.17, 15) is 8.42 Å². The van der Waals surface area contributed by atoms with Crippen LogP contribution in [0, 0.1) is 0 Å². The quantitative estimate of drug-likeness (QED) is 0.795. The smallest absolute Gasteiger partial charge is 0.244 e. The molecule has 0 radical (unpaired) electrons. The Morgan fingerprint density at radius 1 is 1.30 bits per heavy atom. The van der Waals surface area contributed by atoms with Crippen LogP contribution in [0.15, 0.2) is 23.1 Å². The number of nitrogens with one attached hydrogen (secondary N) is 1. The summed E-state index contributed by atoms with van der Waals surface area (Å²) in [5.41, 5.74) is 0. The lowest BCUT2D eigenvalue weighted by Gasteiger charge is -2.18. The molecule has 0 aromatic heterocycles. The van der Waals surface area contributed by atoms with Gasteiger partial charge in [-0.2, -0.15) is 0 Å². The van der Waals surface area contributed by atoms with Gasteiger partial charge in [-0.05, 0) is 31.3 Å². The molecular formula is C13H21ClN2O3S. The third-order valence-electron chi connectivity index (χ3n) is 3.03. The molecule has 0 bridgehead atoms. The number of methoxy groups -OCH3 is 1. The second kappa shape index (κ2) is 7.83. The second-order valence-corrected chi connectivity index (χ2v) is 6.39. The molecule has 0 heterocycles. The Kier molecular flexibility index (Phi) is 6.75. The van der Waals surface area contributed by atoms with E-state index in [0.717, 1.165) is 13.1 Å². The Balaban J connectivity index is 2.81. The van der Waals surface area contributed by atoms with Crippen molar-refractivity contribution in [1.82, 2.24) is 9.62 Å². The summed E-state index contributed by atoms with van der Waals surface area (Å²) in [6.07, 6.45) is 0. The molecule has 1 N–H and O–H groups in total. The van der Waals surface area contributed by atoms with Crippen molar-refractivity contribution in [1.29, 1.82) is 0 Å². The molecule has 5 nitrogen and oxygen atoms in total. The van der Waals surface area contributed by atoms with Crippen LogP contribution in [0.25, 0.3) is 0 Å². The predicted octanol–water partition coefficient (Wildman–Crippen LogP) is 1.97. The van der Waals surface area contributed by atoms with Crippen molar-refractivity contribution in [3.8, 4) is 5.75 Å². The van der Waals surface area contributed by atoms with E-state index >= 15 is 0 Å². The van der Waals surface area contributed by atoms with Crippen molar-refractivity contribution in [3.63, 3.8) is 0 Å². The fourth-order valence-electron chi connectivity index (χ4n) is 1.82. The van der Waals surface area contributed by atoms with E-state index in [1.165, 1.54) is 13.2 Å². The first-order valence-corrected chi connectivity index (χ1v) is 8.36. The monoisotopic (exact) mass is 320 g/mol. The summed E-state index contributed by atoms with van der Waals surface area (Å²) in [4.78, 5) is 2.20. The van der Waals surface area contributed by atoms with Crippen LogP contribution in [-0.4, -0.2) is 46.6 Å². The maximum atomic E-state index is 12.3. The lowest BCUT2D eigenvalue weighted by Crippen LogP contribution is -2.34. The van der Waals surface area contributed by atoms with E-state index in [2.05, 4.69) is 9.62 Å². The van der Waals surface area contributed by atoms with Gasteiger partial charge in [0.15, 0.2) is 0 Å². The van der Waals surface area contributed by atoms with Gasteiger partial charge in [0, 0.05) is 18.1 Å². The van der Waals surface area contributed by atoms with Gasteiger partial charge < -0.3 is 9.64 Å². The van der Waals surface area contributed by atoms with Crippen LogP contribution in [0.4, 0.5) is 0 Å². The fourth-order valence-corrected chi connectivity index (χ4v) is 3.27. The van der Waals surface area contributed by atoms with Gasteiger partial charge in [0.2, 0.25) is 10.0 Å². The molecule has 0 saturated heterocycles. The molecule has 0 aliphatic rings. The van der Waals surface area contributed by atoms with Gasteiger partial charge in [-0.15, -0.1) is 0 Å². The maximum absolute atomic E-state index is 12.3. The van der Waals surface area contributed by atoms with Crippen LogP contribution in [0.2, 0.25) is 5.02 Å². The summed E-state index contributed by atoms with van der Waals surface area (Å²) >= 11 is 5.85. The zero-order chi connectivity index (χ0) is 15.2. The molecule has 0 spiro atoms. The minimum atomic E-state index is -3.62. The third kappa shape index (κ3) is 4.63. The number of sulfonamides is 1. The fraction of sp³-hybridized carbons (Fsp3) is 0.538. The molecule has 20 heavy (non-hydrogen) atoms. The van der Waals surface area contributed by atoms with Crippen molar-refractivity contribution in [2.24, 2.45) is 0 Å². The van der Waals surface area contributed by atoms with Crippen molar-refractivity contribution in [2.75, 3.05) is 33.3 Å².